The molecule has 0 bridgehead atoms. The number of aromatic nitrogens is 1. The summed E-state index contributed by atoms with van der Waals surface area (Å²) in [6.07, 6.45) is 7.95. The van der Waals surface area contributed by atoms with Crippen LogP contribution in [0.2, 0.25) is 0 Å². The van der Waals surface area contributed by atoms with Gasteiger partial charge in [-0.05, 0) is 71.0 Å². The lowest BCUT2D eigenvalue weighted by Crippen LogP contribution is -2.44. The SMILES string of the molecule is CC(C)(C)C1CCC(C(Cc2ccc(Br)cn2)NN)CC1. The maximum atomic E-state index is 5.81. The fourth-order valence-corrected chi connectivity index (χ4v) is 3.74. The van der Waals surface area contributed by atoms with Crippen molar-refractivity contribution in [3.8, 4) is 0 Å². The Morgan fingerprint density at radius 1 is 1.29 bits per heavy atom. The van der Waals surface area contributed by atoms with Crippen molar-refractivity contribution in [1.29, 1.82) is 0 Å². The molecule has 4 heteroatoms. The topological polar surface area (TPSA) is 50.9 Å². The van der Waals surface area contributed by atoms with E-state index >= 15 is 0 Å². The lowest BCUT2D eigenvalue weighted by atomic mass is 9.68. The van der Waals surface area contributed by atoms with Crippen LogP contribution in [0.3, 0.4) is 0 Å². The smallest absolute Gasteiger partial charge is 0.0420 e. The Hall–Kier alpha value is -0.450. The van der Waals surface area contributed by atoms with Crippen LogP contribution in [0.5, 0.6) is 0 Å². The monoisotopic (exact) mass is 353 g/mol. The average Bonchev–Trinajstić information content (AvgIpc) is 2.46. The number of nitrogens with one attached hydrogen (secondary N) is 1. The third kappa shape index (κ3) is 4.76. The Labute approximate surface area is 137 Å². The fourth-order valence-electron chi connectivity index (χ4n) is 3.50. The van der Waals surface area contributed by atoms with Crippen molar-refractivity contribution in [3.05, 3.63) is 28.5 Å². The maximum Gasteiger partial charge on any atom is 0.0420 e. The third-order valence-electron chi connectivity index (χ3n) is 5.00. The molecule has 1 saturated carbocycles. The molecule has 3 N–H and O–H groups in total. The van der Waals surface area contributed by atoms with Crippen molar-refractivity contribution in [1.82, 2.24) is 10.4 Å². The Balaban J connectivity index is 1.92. The number of halogens is 1. The number of nitrogens with zero attached hydrogens (tertiary/aromatic N) is 1. The van der Waals surface area contributed by atoms with Crippen LogP contribution in [0.15, 0.2) is 22.8 Å². The highest BCUT2D eigenvalue weighted by molar-refractivity contribution is 9.10. The second-order valence-corrected chi connectivity index (χ2v) is 8.34. The minimum atomic E-state index is 0.333. The minimum Gasteiger partial charge on any atom is -0.271 e. The summed E-state index contributed by atoms with van der Waals surface area (Å²) in [5, 5.41) is 0. The molecule has 1 atom stereocenters. The molecule has 21 heavy (non-hydrogen) atoms. The molecular formula is C17H28BrN3. The highest BCUT2D eigenvalue weighted by Gasteiger charge is 2.32. The predicted molar refractivity (Wildman–Crippen MR) is 91.7 cm³/mol. The summed E-state index contributed by atoms with van der Waals surface area (Å²) in [4.78, 5) is 4.47. The zero-order valence-electron chi connectivity index (χ0n) is 13.4. The van der Waals surface area contributed by atoms with Crippen LogP contribution in [-0.2, 0) is 6.42 Å². The van der Waals surface area contributed by atoms with Crippen LogP contribution in [0.4, 0.5) is 0 Å². The minimum absolute atomic E-state index is 0.333. The van der Waals surface area contributed by atoms with E-state index in [0.29, 0.717) is 17.4 Å². The van der Waals surface area contributed by atoms with Gasteiger partial charge in [-0.3, -0.25) is 16.3 Å². The lowest BCUT2D eigenvalue weighted by Gasteiger charge is -2.39. The maximum absolute atomic E-state index is 5.81. The summed E-state index contributed by atoms with van der Waals surface area (Å²) in [6.45, 7) is 7.09. The normalized spacial score (nSPS) is 24.8. The Morgan fingerprint density at radius 2 is 1.95 bits per heavy atom. The van der Waals surface area contributed by atoms with Gasteiger partial charge in [-0.1, -0.05) is 20.8 Å². The van der Waals surface area contributed by atoms with Crippen molar-refractivity contribution in [2.45, 2.75) is 58.9 Å². The van der Waals surface area contributed by atoms with E-state index in [-0.39, 0.29) is 0 Å². The van der Waals surface area contributed by atoms with Gasteiger partial charge in [0.15, 0.2) is 0 Å². The predicted octanol–water partition coefficient (Wildman–Crippen LogP) is 4.07. The van der Waals surface area contributed by atoms with Gasteiger partial charge >= 0.3 is 0 Å². The van der Waals surface area contributed by atoms with E-state index in [4.69, 9.17) is 5.84 Å². The first-order chi connectivity index (χ1) is 9.90. The lowest BCUT2D eigenvalue weighted by molar-refractivity contribution is 0.132. The summed E-state index contributed by atoms with van der Waals surface area (Å²) >= 11 is 3.43. The fraction of sp³-hybridized carbons (Fsp3) is 0.706. The van der Waals surface area contributed by atoms with Gasteiger partial charge in [0.1, 0.15) is 0 Å². The van der Waals surface area contributed by atoms with E-state index in [0.717, 1.165) is 22.5 Å². The van der Waals surface area contributed by atoms with Crippen molar-refractivity contribution >= 4 is 15.9 Å². The van der Waals surface area contributed by atoms with Gasteiger partial charge in [-0.15, -0.1) is 0 Å². The number of hydrogen-bond acceptors (Lipinski definition) is 3. The number of hydrogen-bond donors (Lipinski definition) is 2. The largest absolute Gasteiger partial charge is 0.271 e. The summed E-state index contributed by atoms with van der Waals surface area (Å²) in [5.41, 5.74) is 4.58. The van der Waals surface area contributed by atoms with Crippen LogP contribution < -0.4 is 11.3 Å². The second kappa shape index (κ2) is 7.21. The Bertz CT molecular complexity index is 430. The molecular weight excluding hydrogens is 326 g/mol. The van der Waals surface area contributed by atoms with Crippen molar-refractivity contribution in [2.24, 2.45) is 23.1 Å². The summed E-state index contributed by atoms with van der Waals surface area (Å²) in [7, 11) is 0. The van der Waals surface area contributed by atoms with Crippen molar-refractivity contribution in [2.75, 3.05) is 0 Å². The molecule has 1 aliphatic rings. The molecule has 0 amide bonds. The standard InChI is InChI=1S/C17H28BrN3/c1-17(2,3)13-6-4-12(5-7-13)16(21-19)10-15-9-8-14(18)11-20-15/h8-9,11-13,16,21H,4-7,10,19H2,1-3H3. The molecule has 0 saturated heterocycles. The van der Waals surface area contributed by atoms with E-state index in [1.54, 1.807) is 0 Å². The molecule has 0 aliphatic heterocycles. The van der Waals surface area contributed by atoms with Gasteiger partial charge in [0.2, 0.25) is 0 Å². The highest BCUT2D eigenvalue weighted by Crippen LogP contribution is 2.40. The zero-order chi connectivity index (χ0) is 15.5. The summed E-state index contributed by atoms with van der Waals surface area (Å²) in [5.74, 6) is 7.33. The molecule has 118 valence electrons. The van der Waals surface area contributed by atoms with E-state index in [1.165, 1.54) is 25.7 Å². The molecule has 3 nitrogen and oxygen atoms in total. The number of pyridine rings is 1. The van der Waals surface area contributed by atoms with Crippen LogP contribution in [0.25, 0.3) is 0 Å². The Morgan fingerprint density at radius 3 is 2.43 bits per heavy atom. The number of hydrazine groups is 1. The van der Waals surface area contributed by atoms with Crippen LogP contribution in [0.1, 0.15) is 52.1 Å². The number of rotatable bonds is 4. The first-order valence-corrected chi connectivity index (χ1v) is 8.76. The van der Waals surface area contributed by atoms with Crippen LogP contribution in [0, 0.1) is 17.3 Å². The summed E-state index contributed by atoms with van der Waals surface area (Å²) in [6, 6.07) is 4.46. The highest BCUT2D eigenvalue weighted by atomic mass is 79.9. The van der Waals surface area contributed by atoms with Crippen LogP contribution >= 0.6 is 15.9 Å². The molecule has 1 fully saturated rings. The molecule has 1 aromatic rings. The van der Waals surface area contributed by atoms with Crippen molar-refractivity contribution in [3.63, 3.8) is 0 Å². The molecule has 1 heterocycles. The molecule has 0 radical (unpaired) electrons. The van der Waals surface area contributed by atoms with Gasteiger partial charge < -0.3 is 0 Å². The van der Waals surface area contributed by atoms with Gasteiger partial charge in [-0.25, -0.2) is 0 Å². The molecule has 1 aromatic heterocycles. The quantitative estimate of drug-likeness (QED) is 0.633. The van der Waals surface area contributed by atoms with Gasteiger partial charge in [-0.2, -0.15) is 0 Å². The first-order valence-electron chi connectivity index (χ1n) is 7.96. The second-order valence-electron chi connectivity index (χ2n) is 7.42. The average molecular weight is 354 g/mol. The van der Waals surface area contributed by atoms with Gasteiger partial charge in [0.25, 0.3) is 0 Å². The Kier molecular flexibility index (Phi) is 5.81. The van der Waals surface area contributed by atoms with Crippen molar-refractivity contribution < 1.29 is 0 Å². The van der Waals surface area contributed by atoms with E-state index in [2.05, 4.69) is 53.2 Å². The molecule has 1 unspecified atom stereocenters. The molecule has 0 spiro atoms. The summed E-state index contributed by atoms with van der Waals surface area (Å²) < 4.78 is 1.02. The van der Waals surface area contributed by atoms with E-state index < -0.39 is 0 Å². The zero-order valence-corrected chi connectivity index (χ0v) is 15.0. The number of nitrogens with two attached hydrogens (primary N) is 1. The third-order valence-corrected chi connectivity index (χ3v) is 5.47. The van der Waals surface area contributed by atoms with Gasteiger partial charge in [0, 0.05) is 28.8 Å². The molecule has 0 aromatic carbocycles. The first kappa shape index (κ1) is 16.9. The van der Waals surface area contributed by atoms with Crippen LogP contribution in [-0.4, -0.2) is 11.0 Å². The molecule has 1 aliphatic carbocycles. The molecule has 2 rings (SSSR count). The van der Waals surface area contributed by atoms with E-state index in [1.807, 2.05) is 12.3 Å². The van der Waals surface area contributed by atoms with Gasteiger partial charge in [0.05, 0.1) is 0 Å². The van der Waals surface area contributed by atoms with E-state index in [9.17, 15) is 0 Å².